The number of hydrogen-bond acceptors (Lipinski definition) is 3. The predicted molar refractivity (Wildman–Crippen MR) is 86.0 cm³/mol. The lowest BCUT2D eigenvalue weighted by molar-refractivity contribution is -0.131. The number of carbonyl (C=O) groups excluding carboxylic acids is 2. The quantitative estimate of drug-likeness (QED) is 0.704. The molecular formula is C15H19BrN2O3. The van der Waals surface area contributed by atoms with E-state index in [2.05, 4.69) is 33.1 Å². The van der Waals surface area contributed by atoms with E-state index in [4.69, 9.17) is 4.74 Å². The normalized spacial score (nSPS) is 11.5. The van der Waals surface area contributed by atoms with Crippen LogP contribution >= 0.6 is 15.9 Å². The van der Waals surface area contributed by atoms with Crippen LogP contribution in [0, 0.1) is 0 Å². The lowest BCUT2D eigenvalue weighted by atomic mass is 10.3. The van der Waals surface area contributed by atoms with Gasteiger partial charge in [-0.15, -0.1) is 6.58 Å². The van der Waals surface area contributed by atoms with Crippen LogP contribution in [-0.4, -0.2) is 31.1 Å². The number of anilines is 1. The summed E-state index contributed by atoms with van der Waals surface area (Å²) in [6, 6.07) is 7.28. The topological polar surface area (TPSA) is 67.4 Å². The van der Waals surface area contributed by atoms with E-state index in [-0.39, 0.29) is 24.8 Å². The molecule has 0 radical (unpaired) electrons. The molecule has 0 aliphatic carbocycles. The summed E-state index contributed by atoms with van der Waals surface area (Å²) >= 11 is 3.32. The smallest absolute Gasteiger partial charge is 0.248 e. The third kappa shape index (κ3) is 7.06. The van der Waals surface area contributed by atoms with Gasteiger partial charge < -0.3 is 15.4 Å². The summed E-state index contributed by atoms with van der Waals surface area (Å²) in [5.74, 6) is -0.398. The molecule has 1 atom stereocenters. The van der Waals surface area contributed by atoms with E-state index in [9.17, 15) is 9.59 Å². The van der Waals surface area contributed by atoms with Crippen molar-refractivity contribution in [2.45, 2.75) is 19.4 Å². The number of rotatable bonds is 8. The summed E-state index contributed by atoms with van der Waals surface area (Å²) in [5.41, 5.74) is 0.720. The molecule has 21 heavy (non-hydrogen) atoms. The van der Waals surface area contributed by atoms with Crippen molar-refractivity contribution in [1.82, 2.24) is 5.32 Å². The molecular weight excluding hydrogens is 336 g/mol. The molecule has 5 nitrogen and oxygen atoms in total. The number of benzene rings is 1. The summed E-state index contributed by atoms with van der Waals surface area (Å²) in [7, 11) is 0. The molecule has 1 rings (SSSR count). The fourth-order valence-electron chi connectivity index (χ4n) is 1.49. The van der Waals surface area contributed by atoms with Crippen molar-refractivity contribution in [3.63, 3.8) is 0 Å². The highest BCUT2D eigenvalue weighted by atomic mass is 79.9. The summed E-state index contributed by atoms with van der Waals surface area (Å²) in [5, 5.41) is 5.40. The molecule has 0 aromatic heterocycles. The van der Waals surface area contributed by atoms with Gasteiger partial charge in [-0.1, -0.05) is 22.0 Å². The summed E-state index contributed by atoms with van der Waals surface area (Å²) < 4.78 is 6.13. The number of hydrogen-bond donors (Lipinski definition) is 2. The highest BCUT2D eigenvalue weighted by molar-refractivity contribution is 9.10. The lowest BCUT2D eigenvalue weighted by Gasteiger charge is -2.12. The molecule has 0 aliphatic heterocycles. The molecule has 1 aromatic rings. The highest BCUT2D eigenvalue weighted by Crippen LogP contribution is 2.14. The summed E-state index contributed by atoms with van der Waals surface area (Å²) in [4.78, 5) is 23.3. The molecule has 0 aliphatic rings. The zero-order valence-electron chi connectivity index (χ0n) is 11.9. The molecule has 0 saturated carbocycles. The first-order valence-corrected chi connectivity index (χ1v) is 7.38. The van der Waals surface area contributed by atoms with Crippen molar-refractivity contribution in [2.24, 2.45) is 0 Å². The van der Waals surface area contributed by atoms with E-state index >= 15 is 0 Å². The minimum Gasteiger partial charge on any atom is -0.365 e. The van der Waals surface area contributed by atoms with E-state index in [0.717, 1.165) is 10.2 Å². The van der Waals surface area contributed by atoms with E-state index in [0.29, 0.717) is 6.61 Å². The Morgan fingerprint density at radius 3 is 2.67 bits per heavy atom. The zero-order valence-corrected chi connectivity index (χ0v) is 13.5. The third-order valence-corrected chi connectivity index (χ3v) is 3.14. The van der Waals surface area contributed by atoms with E-state index in [1.54, 1.807) is 25.1 Å². The Kier molecular flexibility index (Phi) is 7.71. The van der Waals surface area contributed by atoms with Crippen molar-refractivity contribution in [1.29, 1.82) is 0 Å². The standard InChI is InChI=1S/C15H19BrN2O3/c1-3-10-21-11(2)15(20)17-9-8-14(19)18-13-6-4-12(16)5-7-13/h3-7,11H,1,8-10H2,2H3,(H,17,20)(H,18,19). The second kappa shape index (κ2) is 9.31. The summed E-state index contributed by atoms with van der Waals surface area (Å²) in [6.07, 6.45) is 1.23. The number of carbonyl (C=O) groups is 2. The molecule has 0 bridgehead atoms. The lowest BCUT2D eigenvalue weighted by Crippen LogP contribution is -2.36. The Balaban J connectivity index is 2.25. The SMILES string of the molecule is C=CCOC(C)C(=O)NCCC(=O)Nc1ccc(Br)cc1. The Morgan fingerprint density at radius 1 is 1.38 bits per heavy atom. The first kappa shape index (κ1) is 17.4. The van der Waals surface area contributed by atoms with Gasteiger partial charge in [0.15, 0.2) is 0 Å². The van der Waals surface area contributed by atoms with Gasteiger partial charge in [0.1, 0.15) is 6.10 Å². The van der Waals surface area contributed by atoms with Crippen LogP contribution in [0.3, 0.4) is 0 Å². The van der Waals surface area contributed by atoms with Crippen molar-refractivity contribution < 1.29 is 14.3 Å². The van der Waals surface area contributed by atoms with Crippen LogP contribution in [0.25, 0.3) is 0 Å². The first-order chi connectivity index (χ1) is 10.0. The fourth-order valence-corrected chi connectivity index (χ4v) is 1.75. The largest absolute Gasteiger partial charge is 0.365 e. The highest BCUT2D eigenvalue weighted by Gasteiger charge is 2.12. The van der Waals surface area contributed by atoms with Crippen molar-refractivity contribution in [3.8, 4) is 0 Å². The fraction of sp³-hybridized carbons (Fsp3) is 0.333. The number of ether oxygens (including phenoxy) is 1. The Hall–Kier alpha value is -1.66. The van der Waals surface area contributed by atoms with Crippen LogP contribution in [0.5, 0.6) is 0 Å². The Bertz CT molecular complexity index is 488. The number of nitrogens with one attached hydrogen (secondary N) is 2. The van der Waals surface area contributed by atoms with Gasteiger partial charge in [-0.05, 0) is 31.2 Å². The first-order valence-electron chi connectivity index (χ1n) is 6.58. The van der Waals surface area contributed by atoms with Crippen molar-refractivity contribution >= 4 is 33.4 Å². The van der Waals surface area contributed by atoms with Gasteiger partial charge in [0.25, 0.3) is 0 Å². The second-order valence-corrected chi connectivity index (χ2v) is 5.28. The molecule has 0 saturated heterocycles. The van der Waals surface area contributed by atoms with Crippen LogP contribution in [0.2, 0.25) is 0 Å². The molecule has 1 aromatic carbocycles. The Labute approximate surface area is 132 Å². The van der Waals surface area contributed by atoms with Crippen molar-refractivity contribution in [3.05, 3.63) is 41.4 Å². The second-order valence-electron chi connectivity index (χ2n) is 4.36. The van der Waals surface area contributed by atoms with Gasteiger partial charge in [-0.2, -0.15) is 0 Å². The van der Waals surface area contributed by atoms with Gasteiger partial charge in [0.2, 0.25) is 11.8 Å². The van der Waals surface area contributed by atoms with Gasteiger partial charge in [-0.25, -0.2) is 0 Å². The van der Waals surface area contributed by atoms with Crippen LogP contribution < -0.4 is 10.6 Å². The van der Waals surface area contributed by atoms with Crippen LogP contribution in [0.15, 0.2) is 41.4 Å². The maximum atomic E-state index is 11.7. The average molecular weight is 355 g/mol. The van der Waals surface area contributed by atoms with E-state index in [1.165, 1.54) is 0 Å². The molecule has 0 fully saturated rings. The van der Waals surface area contributed by atoms with E-state index < -0.39 is 6.10 Å². The molecule has 0 heterocycles. The van der Waals surface area contributed by atoms with Crippen LogP contribution in [-0.2, 0) is 14.3 Å². The molecule has 6 heteroatoms. The maximum absolute atomic E-state index is 11.7. The average Bonchev–Trinajstić information content (AvgIpc) is 2.47. The molecule has 0 spiro atoms. The minimum atomic E-state index is -0.558. The Morgan fingerprint density at radius 2 is 2.05 bits per heavy atom. The van der Waals surface area contributed by atoms with Crippen LogP contribution in [0.1, 0.15) is 13.3 Å². The molecule has 2 amide bonds. The van der Waals surface area contributed by atoms with Gasteiger partial charge in [0.05, 0.1) is 6.61 Å². The monoisotopic (exact) mass is 354 g/mol. The maximum Gasteiger partial charge on any atom is 0.248 e. The predicted octanol–water partition coefficient (Wildman–Crippen LogP) is 2.49. The van der Waals surface area contributed by atoms with Gasteiger partial charge in [-0.3, -0.25) is 9.59 Å². The minimum absolute atomic E-state index is 0.155. The van der Waals surface area contributed by atoms with Gasteiger partial charge in [0, 0.05) is 23.1 Å². The van der Waals surface area contributed by atoms with Gasteiger partial charge >= 0.3 is 0 Å². The summed E-state index contributed by atoms with van der Waals surface area (Å²) in [6.45, 7) is 5.75. The third-order valence-electron chi connectivity index (χ3n) is 2.61. The van der Waals surface area contributed by atoms with Crippen molar-refractivity contribution in [2.75, 3.05) is 18.5 Å². The molecule has 1 unspecified atom stereocenters. The molecule has 2 N–H and O–H groups in total. The van der Waals surface area contributed by atoms with E-state index in [1.807, 2.05) is 12.1 Å². The zero-order chi connectivity index (χ0) is 15.7. The van der Waals surface area contributed by atoms with Crippen LogP contribution in [0.4, 0.5) is 5.69 Å². The molecule has 114 valence electrons. The number of halogens is 1. The number of amides is 2.